The molecule has 0 spiro atoms. The van der Waals surface area contributed by atoms with Gasteiger partial charge in [-0.2, -0.15) is 0 Å². The van der Waals surface area contributed by atoms with Gasteiger partial charge in [0.15, 0.2) is 0 Å². The van der Waals surface area contributed by atoms with Crippen molar-refractivity contribution in [2.75, 3.05) is 6.61 Å². The molecule has 1 amide bonds. The Morgan fingerprint density at radius 3 is 0.984 bits per heavy atom. The van der Waals surface area contributed by atoms with Crippen LogP contribution >= 0.6 is 0 Å². The van der Waals surface area contributed by atoms with Gasteiger partial charge in [-0.1, -0.05) is 250 Å². The molecule has 61 heavy (non-hydrogen) atoms. The highest BCUT2D eigenvalue weighted by atomic mass is 16.3. The second kappa shape index (κ2) is 49.8. The molecule has 5 N–H and O–H groups in total. The zero-order valence-electron chi connectivity index (χ0n) is 40.9. The zero-order chi connectivity index (χ0) is 44.5. The first kappa shape index (κ1) is 59.8. The van der Waals surface area contributed by atoms with Crippen LogP contribution in [0.4, 0.5) is 0 Å². The largest absolute Gasteiger partial charge is 0.394 e. The summed E-state index contributed by atoms with van der Waals surface area (Å²) in [5.74, 6) is -0.594. The minimum Gasteiger partial charge on any atom is -0.394 e. The second-order valence-corrected chi connectivity index (χ2v) is 18.9. The van der Waals surface area contributed by atoms with Crippen molar-refractivity contribution < 1.29 is 25.2 Å². The SMILES string of the molecule is CCCCCCCCCCCCC/C=C\CCCCCCCCC(O)C(=O)NC(CO)C(O)C(O)CCC/C=C/CCCCCCCCCCCCCCCCCCCCC. The van der Waals surface area contributed by atoms with Crippen LogP contribution in [0.5, 0.6) is 0 Å². The van der Waals surface area contributed by atoms with Crippen molar-refractivity contribution in [1.29, 1.82) is 0 Å². The number of carbonyl (C=O) groups is 1. The molecule has 6 heteroatoms. The van der Waals surface area contributed by atoms with E-state index in [1.54, 1.807) is 0 Å². The van der Waals surface area contributed by atoms with E-state index >= 15 is 0 Å². The van der Waals surface area contributed by atoms with Crippen molar-refractivity contribution in [1.82, 2.24) is 5.32 Å². The van der Waals surface area contributed by atoms with Crippen LogP contribution in [0.2, 0.25) is 0 Å². The van der Waals surface area contributed by atoms with E-state index in [1.165, 1.54) is 218 Å². The Hall–Kier alpha value is -1.21. The fourth-order valence-corrected chi connectivity index (χ4v) is 8.58. The maximum Gasteiger partial charge on any atom is 0.249 e. The van der Waals surface area contributed by atoms with Gasteiger partial charge in [0.25, 0.3) is 0 Å². The third-order valence-corrected chi connectivity index (χ3v) is 12.9. The molecule has 0 aromatic rings. The lowest BCUT2D eigenvalue weighted by Crippen LogP contribution is -2.53. The van der Waals surface area contributed by atoms with Gasteiger partial charge in [-0.25, -0.2) is 0 Å². The predicted octanol–water partition coefficient (Wildman–Crippen LogP) is 15.5. The summed E-state index contributed by atoms with van der Waals surface area (Å²) in [6, 6.07) is -1.00. The van der Waals surface area contributed by atoms with Crippen molar-refractivity contribution in [3.8, 4) is 0 Å². The van der Waals surface area contributed by atoms with E-state index in [-0.39, 0.29) is 0 Å². The lowest BCUT2D eigenvalue weighted by atomic mass is 10.00. The summed E-state index contributed by atoms with van der Waals surface area (Å²) in [4.78, 5) is 12.6. The summed E-state index contributed by atoms with van der Waals surface area (Å²) in [6.45, 7) is 4.07. The molecule has 0 aliphatic heterocycles. The zero-order valence-corrected chi connectivity index (χ0v) is 40.9. The number of carbonyl (C=O) groups excluding carboxylic acids is 1. The summed E-state index contributed by atoms with van der Waals surface area (Å²) in [5, 5.41) is 43.9. The van der Waals surface area contributed by atoms with E-state index in [0.29, 0.717) is 12.8 Å². The van der Waals surface area contributed by atoms with Crippen molar-refractivity contribution in [3.63, 3.8) is 0 Å². The quantitative estimate of drug-likeness (QED) is 0.0309. The minimum absolute atomic E-state index is 0.357. The van der Waals surface area contributed by atoms with Crippen molar-refractivity contribution >= 4 is 5.91 Å². The summed E-state index contributed by atoms with van der Waals surface area (Å²) >= 11 is 0. The first-order chi connectivity index (χ1) is 30.0. The molecule has 0 heterocycles. The lowest BCUT2D eigenvalue weighted by molar-refractivity contribution is -0.132. The topological polar surface area (TPSA) is 110 Å². The smallest absolute Gasteiger partial charge is 0.249 e. The van der Waals surface area contributed by atoms with E-state index in [0.717, 1.165) is 44.9 Å². The van der Waals surface area contributed by atoms with Gasteiger partial charge in [0.05, 0.1) is 18.8 Å². The van der Waals surface area contributed by atoms with Crippen molar-refractivity contribution in [2.24, 2.45) is 0 Å². The van der Waals surface area contributed by atoms with Crippen LogP contribution in [0.3, 0.4) is 0 Å². The highest BCUT2D eigenvalue weighted by Crippen LogP contribution is 2.17. The summed E-state index contributed by atoms with van der Waals surface area (Å²) in [6.07, 6.45) is 59.5. The molecule has 0 aromatic heterocycles. The molecule has 0 saturated carbocycles. The fraction of sp³-hybridized carbons (Fsp3) is 0.909. The summed E-state index contributed by atoms with van der Waals surface area (Å²) < 4.78 is 0. The number of allylic oxidation sites excluding steroid dienone is 4. The molecule has 0 aromatic carbocycles. The monoisotopic (exact) mass is 862 g/mol. The molecule has 0 bridgehead atoms. The van der Waals surface area contributed by atoms with Crippen LogP contribution in [0.15, 0.2) is 24.3 Å². The molecule has 0 aliphatic carbocycles. The third-order valence-electron chi connectivity index (χ3n) is 12.9. The number of hydrogen-bond donors (Lipinski definition) is 5. The van der Waals surface area contributed by atoms with Crippen LogP contribution in [0.1, 0.15) is 290 Å². The van der Waals surface area contributed by atoms with Gasteiger partial charge < -0.3 is 25.7 Å². The van der Waals surface area contributed by atoms with E-state index in [2.05, 4.69) is 43.5 Å². The van der Waals surface area contributed by atoms with Crippen LogP contribution in [0.25, 0.3) is 0 Å². The molecular weight excluding hydrogens is 755 g/mol. The normalized spacial score (nSPS) is 14.0. The third kappa shape index (κ3) is 43.8. The number of aliphatic hydroxyl groups excluding tert-OH is 4. The second-order valence-electron chi connectivity index (χ2n) is 18.9. The molecule has 6 nitrogen and oxygen atoms in total. The summed E-state index contributed by atoms with van der Waals surface area (Å²) in [7, 11) is 0. The predicted molar refractivity (Wildman–Crippen MR) is 265 cm³/mol. The molecule has 4 atom stereocenters. The maximum atomic E-state index is 12.6. The van der Waals surface area contributed by atoms with Crippen LogP contribution in [0, 0.1) is 0 Å². The lowest BCUT2D eigenvalue weighted by Gasteiger charge is -2.27. The van der Waals surface area contributed by atoms with Gasteiger partial charge in [0.1, 0.15) is 12.2 Å². The Labute approximate surface area is 380 Å². The van der Waals surface area contributed by atoms with Crippen LogP contribution in [-0.2, 0) is 4.79 Å². The molecule has 0 aliphatic rings. The van der Waals surface area contributed by atoms with Gasteiger partial charge in [0.2, 0.25) is 5.91 Å². The Morgan fingerprint density at radius 2 is 0.672 bits per heavy atom. The van der Waals surface area contributed by atoms with Crippen LogP contribution in [-0.4, -0.2) is 57.3 Å². The average Bonchev–Trinajstić information content (AvgIpc) is 3.26. The van der Waals surface area contributed by atoms with Gasteiger partial charge in [-0.05, 0) is 64.2 Å². The standard InChI is InChI=1S/C55H107NO5/c1-3-5-7-9-11-13-15-17-19-21-23-25-26-27-29-30-32-34-36-38-40-42-44-46-48-52(58)54(60)51(50-57)56-55(61)53(59)49-47-45-43-41-39-37-35-33-31-28-24-22-20-18-16-14-12-10-8-6-4-2/h31,33,40,42,51-54,57-60H,3-30,32,34-39,41,43-50H2,1-2H3,(H,56,61)/b33-31-,42-40+. The van der Waals surface area contributed by atoms with E-state index in [1.807, 2.05) is 0 Å². The van der Waals surface area contributed by atoms with Gasteiger partial charge in [0, 0.05) is 0 Å². The molecule has 0 saturated heterocycles. The Bertz CT molecular complexity index is 924. The molecule has 0 radical (unpaired) electrons. The average molecular weight is 862 g/mol. The number of amides is 1. The van der Waals surface area contributed by atoms with Gasteiger partial charge in [-0.15, -0.1) is 0 Å². The fourth-order valence-electron chi connectivity index (χ4n) is 8.58. The molecule has 4 unspecified atom stereocenters. The molecule has 0 rings (SSSR count). The minimum atomic E-state index is -1.28. The maximum absolute atomic E-state index is 12.6. The highest BCUT2D eigenvalue weighted by Gasteiger charge is 2.28. The van der Waals surface area contributed by atoms with Crippen molar-refractivity contribution in [3.05, 3.63) is 24.3 Å². The molecule has 362 valence electrons. The number of aliphatic hydroxyl groups is 4. The van der Waals surface area contributed by atoms with E-state index in [4.69, 9.17) is 0 Å². The number of unbranched alkanes of at least 4 members (excludes halogenated alkanes) is 37. The van der Waals surface area contributed by atoms with Gasteiger partial charge >= 0.3 is 0 Å². The Kier molecular flexibility index (Phi) is 48.8. The van der Waals surface area contributed by atoms with E-state index < -0.39 is 36.9 Å². The number of hydrogen-bond acceptors (Lipinski definition) is 5. The Morgan fingerprint density at radius 1 is 0.393 bits per heavy atom. The molecule has 0 fully saturated rings. The Balaban J connectivity index is 3.68. The van der Waals surface area contributed by atoms with Crippen molar-refractivity contribution in [2.45, 2.75) is 314 Å². The highest BCUT2D eigenvalue weighted by molar-refractivity contribution is 5.80. The number of rotatable bonds is 50. The first-order valence-corrected chi connectivity index (χ1v) is 27.2. The summed E-state index contributed by atoms with van der Waals surface area (Å²) in [5.41, 5.74) is 0. The van der Waals surface area contributed by atoms with E-state index in [9.17, 15) is 25.2 Å². The van der Waals surface area contributed by atoms with Crippen LogP contribution < -0.4 is 5.32 Å². The molecular formula is C55H107NO5. The first-order valence-electron chi connectivity index (χ1n) is 27.2. The van der Waals surface area contributed by atoms with Gasteiger partial charge in [-0.3, -0.25) is 4.79 Å². The number of nitrogens with one attached hydrogen (secondary N) is 1.